The average molecular weight is 471 g/mol. The molecule has 9 heteroatoms. The van der Waals surface area contributed by atoms with Crippen molar-refractivity contribution in [3.05, 3.63) is 83.9 Å². The number of nitrogens with zero attached hydrogens (tertiary/aromatic N) is 4. The minimum absolute atomic E-state index is 0.0217. The number of aromatic nitrogens is 5. The summed E-state index contributed by atoms with van der Waals surface area (Å²) in [5.74, 6) is -0.0404. The minimum atomic E-state index is -0.557. The molecular weight excluding hydrogens is 447 g/mol. The van der Waals surface area contributed by atoms with Gasteiger partial charge in [0.05, 0.1) is 5.52 Å². The zero-order valence-electron chi connectivity index (χ0n) is 19.5. The molecule has 0 unspecified atom stereocenters. The number of hydrogen-bond acceptors (Lipinski definition) is 6. The Morgan fingerprint density at radius 3 is 2.57 bits per heavy atom. The largest absolute Gasteiger partial charge is 0.344 e. The molecule has 8 nitrogen and oxygen atoms in total. The van der Waals surface area contributed by atoms with Gasteiger partial charge in [-0.15, -0.1) is 0 Å². The number of H-pyrrole nitrogens is 1. The van der Waals surface area contributed by atoms with Crippen LogP contribution in [0.1, 0.15) is 42.8 Å². The molecule has 0 fully saturated rings. The topological polar surface area (TPSA) is 110 Å². The molecule has 0 bridgehead atoms. The van der Waals surface area contributed by atoms with Crippen LogP contribution in [0.2, 0.25) is 0 Å². The maximum atomic E-state index is 15.0. The van der Waals surface area contributed by atoms with Crippen molar-refractivity contribution in [2.75, 3.05) is 0 Å². The summed E-state index contributed by atoms with van der Waals surface area (Å²) < 4.78 is 20.0. The Labute approximate surface area is 200 Å². The quantitative estimate of drug-likeness (QED) is 0.372. The van der Waals surface area contributed by atoms with Crippen LogP contribution < -0.4 is 5.32 Å². The van der Waals surface area contributed by atoms with E-state index in [1.54, 1.807) is 18.3 Å². The first-order valence-electron chi connectivity index (χ1n) is 11.1. The molecule has 5 rings (SSSR count). The summed E-state index contributed by atoms with van der Waals surface area (Å²) in [7, 11) is 0. The maximum Gasteiger partial charge on any atom is 0.315 e. The van der Waals surface area contributed by atoms with Gasteiger partial charge in [-0.05, 0) is 17.7 Å². The number of carbonyl (C=O) groups is 1. The molecule has 176 valence electrons. The Balaban J connectivity index is 1.36. The summed E-state index contributed by atoms with van der Waals surface area (Å²) in [5.41, 5.74) is 3.63. The van der Waals surface area contributed by atoms with Gasteiger partial charge in [0.25, 0.3) is 0 Å². The van der Waals surface area contributed by atoms with Gasteiger partial charge in [-0.1, -0.05) is 68.4 Å². The van der Waals surface area contributed by atoms with Crippen LogP contribution in [0.3, 0.4) is 0 Å². The number of amides is 1. The van der Waals surface area contributed by atoms with Gasteiger partial charge < -0.3 is 14.8 Å². The highest BCUT2D eigenvalue weighted by Gasteiger charge is 2.24. The second kappa shape index (κ2) is 8.75. The molecular formula is C26H23FN6O2. The van der Waals surface area contributed by atoms with Crippen LogP contribution in [0.5, 0.6) is 0 Å². The third-order valence-electron chi connectivity index (χ3n) is 5.53. The predicted octanol–water partition coefficient (Wildman–Crippen LogP) is 5.04. The monoisotopic (exact) mass is 470 g/mol. The second-order valence-corrected chi connectivity index (χ2v) is 9.17. The van der Waals surface area contributed by atoms with Gasteiger partial charge in [-0.2, -0.15) is 4.98 Å². The van der Waals surface area contributed by atoms with Gasteiger partial charge in [0.2, 0.25) is 0 Å². The maximum absolute atomic E-state index is 15.0. The van der Waals surface area contributed by atoms with Crippen LogP contribution >= 0.6 is 0 Å². The summed E-state index contributed by atoms with van der Waals surface area (Å²) in [6.07, 6.45) is 1.65. The molecule has 0 saturated carbocycles. The minimum Gasteiger partial charge on any atom is -0.344 e. The van der Waals surface area contributed by atoms with Crippen LogP contribution in [-0.2, 0) is 12.0 Å². The van der Waals surface area contributed by atoms with E-state index in [9.17, 15) is 9.18 Å². The number of aromatic amines is 1. The van der Waals surface area contributed by atoms with Crippen LogP contribution in [0.25, 0.3) is 33.7 Å². The van der Waals surface area contributed by atoms with Gasteiger partial charge in [-0.25, -0.2) is 14.4 Å². The number of rotatable bonds is 5. The number of pyridine rings is 1. The SMILES string of the molecule is CC(C)(C)c1noc(C(=O)NCc2ccc(-c3ccnc4nc(-c5ccccc5)[nH]c34)cc2F)n1. The van der Waals surface area contributed by atoms with Gasteiger partial charge in [0, 0.05) is 34.8 Å². The van der Waals surface area contributed by atoms with E-state index < -0.39 is 11.7 Å². The van der Waals surface area contributed by atoms with Gasteiger partial charge >= 0.3 is 11.8 Å². The molecule has 3 aromatic heterocycles. The molecule has 0 aliphatic heterocycles. The third-order valence-corrected chi connectivity index (χ3v) is 5.53. The highest BCUT2D eigenvalue weighted by molar-refractivity contribution is 5.91. The van der Waals surface area contributed by atoms with E-state index in [0.29, 0.717) is 28.4 Å². The Bertz CT molecular complexity index is 1520. The summed E-state index contributed by atoms with van der Waals surface area (Å²) in [6.45, 7) is 5.72. The van der Waals surface area contributed by atoms with E-state index >= 15 is 0 Å². The molecule has 1 amide bonds. The first kappa shape index (κ1) is 22.4. The van der Waals surface area contributed by atoms with Gasteiger partial charge in [0.1, 0.15) is 11.6 Å². The zero-order valence-corrected chi connectivity index (χ0v) is 19.5. The Morgan fingerprint density at radius 1 is 1.06 bits per heavy atom. The highest BCUT2D eigenvalue weighted by atomic mass is 19.1. The Kier molecular flexibility index (Phi) is 5.60. The number of benzene rings is 2. The van der Waals surface area contributed by atoms with Gasteiger partial charge in [0.15, 0.2) is 11.5 Å². The summed E-state index contributed by atoms with van der Waals surface area (Å²) in [6, 6.07) is 16.4. The smallest absolute Gasteiger partial charge is 0.315 e. The van der Waals surface area contributed by atoms with E-state index in [0.717, 1.165) is 16.6 Å². The third kappa shape index (κ3) is 4.52. The van der Waals surface area contributed by atoms with Crippen LogP contribution in [0.4, 0.5) is 4.39 Å². The summed E-state index contributed by atoms with van der Waals surface area (Å²) >= 11 is 0. The zero-order chi connectivity index (χ0) is 24.6. The van der Waals surface area contributed by atoms with Crippen molar-refractivity contribution < 1.29 is 13.7 Å². The van der Waals surface area contributed by atoms with Crippen LogP contribution in [0, 0.1) is 5.82 Å². The molecule has 3 heterocycles. The van der Waals surface area contributed by atoms with Crippen molar-refractivity contribution in [3.8, 4) is 22.5 Å². The fourth-order valence-electron chi connectivity index (χ4n) is 3.61. The number of carbonyl (C=O) groups excluding carboxylic acids is 1. The number of nitrogens with one attached hydrogen (secondary N) is 2. The lowest BCUT2D eigenvalue weighted by atomic mass is 9.96. The molecule has 0 spiro atoms. The average Bonchev–Trinajstić information content (AvgIpc) is 3.51. The van der Waals surface area contributed by atoms with Crippen molar-refractivity contribution in [1.29, 1.82) is 0 Å². The molecule has 0 radical (unpaired) electrons. The molecule has 0 saturated heterocycles. The van der Waals surface area contributed by atoms with Crippen molar-refractivity contribution in [1.82, 2.24) is 30.4 Å². The van der Waals surface area contributed by atoms with Gasteiger partial charge in [-0.3, -0.25) is 4.79 Å². The van der Waals surface area contributed by atoms with Crippen molar-refractivity contribution >= 4 is 17.1 Å². The first-order valence-corrected chi connectivity index (χ1v) is 11.1. The number of imidazole rings is 1. The highest BCUT2D eigenvalue weighted by Crippen LogP contribution is 2.29. The molecule has 0 atom stereocenters. The number of fused-ring (bicyclic) bond motifs is 1. The van der Waals surface area contributed by atoms with E-state index in [-0.39, 0.29) is 17.9 Å². The van der Waals surface area contributed by atoms with Crippen molar-refractivity contribution in [3.63, 3.8) is 0 Å². The fourth-order valence-corrected chi connectivity index (χ4v) is 3.61. The molecule has 2 aromatic carbocycles. The van der Waals surface area contributed by atoms with E-state index in [1.807, 2.05) is 57.2 Å². The van der Waals surface area contributed by atoms with E-state index in [2.05, 4.69) is 30.4 Å². The molecule has 0 aliphatic rings. The normalized spacial score (nSPS) is 11.7. The number of halogens is 1. The van der Waals surface area contributed by atoms with Crippen LogP contribution in [0.15, 0.2) is 65.3 Å². The molecule has 2 N–H and O–H groups in total. The molecule has 5 aromatic rings. The standard InChI is InChI=1S/C26H23FN6O2/c1-26(2,3)25-32-24(35-33-25)23(34)29-14-17-10-9-16(13-19(17)27)18-11-12-28-22-20(18)30-21(31-22)15-7-5-4-6-8-15/h4-13H,14H2,1-3H3,(H,29,34)(H,28,30,31). The summed E-state index contributed by atoms with van der Waals surface area (Å²) in [5, 5.41) is 6.47. The first-order chi connectivity index (χ1) is 16.8. The molecule has 0 aliphatic carbocycles. The van der Waals surface area contributed by atoms with E-state index in [4.69, 9.17) is 4.52 Å². The van der Waals surface area contributed by atoms with Crippen LogP contribution in [-0.4, -0.2) is 31.0 Å². The fraction of sp³-hybridized carbons (Fsp3) is 0.192. The lowest BCUT2D eigenvalue weighted by molar-refractivity contribution is 0.0906. The van der Waals surface area contributed by atoms with Crippen molar-refractivity contribution in [2.24, 2.45) is 0 Å². The van der Waals surface area contributed by atoms with E-state index in [1.165, 1.54) is 6.07 Å². The second-order valence-electron chi connectivity index (χ2n) is 9.17. The summed E-state index contributed by atoms with van der Waals surface area (Å²) in [4.78, 5) is 28.7. The Hall–Kier alpha value is -4.40. The lowest BCUT2D eigenvalue weighted by Crippen LogP contribution is -2.24. The Morgan fingerprint density at radius 2 is 1.86 bits per heavy atom. The number of hydrogen-bond donors (Lipinski definition) is 2. The lowest BCUT2D eigenvalue weighted by Gasteiger charge is -2.10. The van der Waals surface area contributed by atoms with Crippen molar-refractivity contribution in [2.45, 2.75) is 32.7 Å². The predicted molar refractivity (Wildman–Crippen MR) is 129 cm³/mol. The molecule has 35 heavy (non-hydrogen) atoms.